The fourth-order valence-corrected chi connectivity index (χ4v) is 8.08. The maximum Gasteiger partial charge on any atom is 0.338 e. The molecule has 0 aliphatic carbocycles. The fourth-order valence-electron chi connectivity index (χ4n) is 5.20. The minimum atomic E-state index is -0.774. The van der Waals surface area contributed by atoms with E-state index in [0.717, 1.165) is 21.4 Å². The van der Waals surface area contributed by atoms with E-state index < -0.39 is 23.1 Å². The summed E-state index contributed by atoms with van der Waals surface area (Å²) in [6, 6.07) is 21.5. The minimum Gasteiger partial charge on any atom is -0.489 e. The second kappa shape index (κ2) is 11.3. The molecule has 0 bridgehead atoms. The molecule has 8 nitrogen and oxygen atoms in total. The van der Waals surface area contributed by atoms with E-state index >= 15 is 0 Å². The van der Waals surface area contributed by atoms with Gasteiger partial charge < -0.3 is 14.5 Å². The lowest BCUT2D eigenvalue weighted by molar-refractivity contribution is -0.122. The highest BCUT2D eigenvalue weighted by Gasteiger charge is 2.56. The molecule has 3 heterocycles. The summed E-state index contributed by atoms with van der Waals surface area (Å²) in [6.45, 7) is 2.27. The molecule has 2 aliphatic rings. The van der Waals surface area contributed by atoms with Crippen molar-refractivity contribution in [1.29, 1.82) is 0 Å². The number of H-pyrrole nitrogens is 1. The summed E-state index contributed by atoms with van der Waals surface area (Å²) in [5.74, 6) is -2.03. The number of thiazole rings is 1. The molecular weight excluding hydrogens is 628 g/mol. The number of anilines is 1. The zero-order valence-corrected chi connectivity index (χ0v) is 24.9. The minimum absolute atomic E-state index is 0.241. The van der Waals surface area contributed by atoms with Gasteiger partial charge >= 0.3 is 10.8 Å². The van der Waals surface area contributed by atoms with Crippen LogP contribution in [0.5, 0.6) is 5.75 Å². The second-order valence-corrected chi connectivity index (χ2v) is 12.6. The van der Waals surface area contributed by atoms with Gasteiger partial charge in [0, 0.05) is 20.8 Å². The van der Waals surface area contributed by atoms with Gasteiger partial charge in [0.2, 0.25) is 11.8 Å². The number of amides is 2. The number of carbonyl (C=O) groups is 3. The Kier molecular flexibility index (Phi) is 7.58. The van der Waals surface area contributed by atoms with Crippen molar-refractivity contribution in [3.63, 3.8) is 0 Å². The van der Waals surface area contributed by atoms with Crippen LogP contribution in [0, 0.1) is 5.92 Å². The van der Waals surface area contributed by atoms with E-state index in [0.29, 0.717) is 39.1 Å². The standard InChI is InChI=1S/C30H23BrN2O6S2/c1-2-38-29(36)17-8-11-19(12-9-17)33-27(34)23-22(24-26(32-30(37)41-24)40-25(23)28(33)35)20-14-18(31)10-13-21(20)39-15-16-6-4-3-5-7-16/h3-14,22-23,25H,2,15H2,1H3,(H,32,37)/t22-,23?,25?/m1/s1. The lowest BCUT2D eigenvalue weighted by Gasteiger charge is -2.31. The third-order valence-electron chi connectivity index (χ3n) is 7.00. The van der Waals surface area contributed by atoms with Crippen LogP contribution in [0.25, 0.3) is 0 Å². The summed E-state index contributed by atoms with van der Waals surface area (Å²) >= 11 is 5.81. The number of imide groups is 1. The molecule has 1 N–H and O–H groups in total. The van der Waals surface area contributed by atoms with Crippen LogP contribution >= 0.6 is 39.0 Å². The molecular formula is C30H23BrN2O6S2. The van der Waals surface area contributed by atoms with Crippen molar-refractivity contribution in [2.45, 2.75) is 29.7 Å². The number of nitrogens with zero attached hydrogens (tertiary/aromatic N) is 1. The first-order chi connectivity index (χ1) is 19.9. The van der Waals surface area contributed by atoms with Gasteiger partial charge in [0.25, 0.3) is 0 Å². The van der Waals surface area contributed by atoms with Crippen LogP contribution in [-0.2, 0) is 20.9 Å². The highest BCUT2D eigenvalue weighted by Crippen LogP contribution is 2.54. The first kappa shape index (κ1) is 27.5. The molecule has 11 heteroatoms. The van der Waals surface area contributed by atoms with Gasteiger partial charge in [-0.25, -0.2) is 9.69 Å². The van der Waals surface area contributed by atoms with Gasteiger partial charge in [-0.15, -0.1) is 0 Å². The van der Waals surface area contributed by atoms with E-state index in [-0.39, 0.29) is 23.3 Å². The molecule has 2 amide bonds. The molecule has 3 atom stereocenters. The van der Waals surface area contributed by atoms with Crippen molar-refractivity contribution >= 4 is 62.5 Å². The van der Waals surface area contributed by atoms with E-state index in [9.17, 15) is 19.2 Å². The zero-order chi connectivity index (χ0) is 28.7. The van der Waals surface area contributed by atoms with Gasteiger partial charge in [-0.1, -0.05) is 69.4 Å². The SMILES string of the molecule is CCOC(=O)c1ccc(N2C(=O)C3Sc4[nH]c(=O)sc4[C@H](c4cc(Br)ccc4OCc4ccccc4)C3C2=O)cc1. The first-order valence-electron chi connectivity index (χ1n) is 12.9. The molecule has 41 heavy (non-hydrogen) atoms. The Morgan fingerprint density at radius 2 is 1.76 bits per heavy atom. The van der Waals surface area contributed by atoms with Crippen LogP contribution in [0.4, 0.5) is 5.69 Å². The average molecular weight is 652 g/mol. The van der Waals surface area contributed by atoms with Crippen molar-refractivity contribution in [2.75, 3.05) is 11.5 Å². The van der Waals surface area contributed by atoms with E-state index in [2.05, 4.69) is 20.9 Å². The monoisotopic (exact) mass is 650 g/mol. The molecule has 208 valence electrons. The van der Waals surface area contributed by atoms with Gasteiger partial charge in [0.15, 0.2) is 0 Å². The number of ether oxygens (including phenoxy) is 2. The molecule has 0 saturated carbocycles. The Labute approximate surface area is 251 Å². The third-order valence-corrected chi connectivity index (χ3v) is 9.90. The van der Waals surface area contributed by atoms with E-state index in [1.54, 1.807) is 31.2 Å². The van der Waals surface area contributed by atoms with Crippen LogP contribution < -0.4 is 14.5 Å². The number of carbonyl (C=O) groups excluding carboxylic acids is 3. The lowest BCUT2D eigenvalue weighted by Crippen LogP contribution is -2.32. The summed E-state index contributed by atoms with van der Waals surface area (Å²) in [5, 5.41) is -0.170. The lowest BCUT2D eigenvalue weighted by atomic mass is 9.82. The molecule has 2 aliphatic heterocycles. The van der Waals surface area contributed by atoms with E-state index in [1.165, 1.54) is 16.7 Å². The smallest absolute Gasteiger partial charge is 0.338 e. The summed E-state index contributed by atoms with van der Waals surface area (Å²) in [4.78, 5) is 57.0. The fraction of sp³-hybridized carbons (Fsp3) is 0.200. The summed E-state index contributed by atoms with van der Waals surface area (Å²) in [5.41, 5.74) is 2.39. The summed E-state index contributed by atoms with van der Waals surface area (Å²) < 4.78 is 12.1. The maximum atomic E-state index is 14.1. The number of benzene rings is 3. The second-order valence-electron chi connectivity index (χ2n) is 9.49. The quantitative estimate of drug-likeness (QED) is 0.201. The Morgan fingerprint density at radius 3 is 2.49 bits per heavy atom. The zero-order valence-electron chi connectivity index (χ0n) is 21.7. The molecule has 0 spiro atoms. The Balaban J connectivity index is 1.40. The topological polar surface area (TPSA) is 106 Å². The van der Waals surface area contributed by atoms with Gasteiger partial charge in [-0.3, -0.25) is 14.4 Å². The normalized spacial score (nSPS) is 19.6. The van der Waals surface area contributed by atoms with Crippen molar-refractivity contribution in [1.82, 2.24) is 4.98 Å². The average Bonchev–Trinajstić information content (AvgIpc) is 3.47. The van der Waals surface area contributed by atoms with Crippen LogP contribution in [0.1, 0.15) is 39.2 Å². The van der Waals surface area contributed by atoms with Crippen molar-refractivity contribution < 1.29 is 23.9 Å². The highest BCUT2D eigenvalue weighted by molar-refractivity contribution is 9.10. The summed E-state index contributed by atoms with van der Waals surface area (Å²) in [7, 11) is 0. The number of rotatable bonds is 7. The van der Waals surface area contributed by atoms with Crippen molar-refractivity contribution in [2.24, 2.45) is 5.92 Å². The molecule has 0 radical (unpaired) electrons. The number of aromatic nitrogens is 1. The van der Waals surface area contributed by atoms with Gasteiger partial charge in [0.05, 0.1) is 28.8 Å². The number of halogens is 1. The number of nitrogens with one attached hydrogen (secondary N) is 1. The molecule has 1 fully saturated rings. The number of thioether (sulfide) groups is 1. The number of hydrogen-bond donors (Lipinski definition) is 1. The Bertz CT molecular complexity index is 1700. The summed E-state index contributed by atoms with van der Waals surface area (Å²) in [6.07, 6.45) is 0. The van der Waals surface area contributed by atoms with Gasteiger partial charge in [-0.2, -0.15) is 0 Å². The predicted octanol–water partition coefficient (Wildman–Crippen LogP) is 5.75. The molecule has 1 saturated heterocycles. The van der Waals surface area contributed by atoms with Crippen molar-refractivity contribution in [3.05, 3.63) is 109 Å². The van der Waals surface area contributed by atoms with Crippen LogP contribution in [0.3, 0.4) is 0 Å². The van der Waals surface area contributed by atoms with Gasteiger partial charge in [-0.05, 0) is 55.0 Å². The molecule has 6 rings (SSSR count). The largest absolute Gasteiger partial charge is 0.489 e. The van der Waals surface area contributed by atoms with Crippen molar-refractivity contribution in [3.8, 4) is 5.75 Å². The highest BCUT2D eigenvalue weighted by atomic mass is 79.9. The van der Waals surface area contributed by atoms with E-state index in [4.69, 9.17) is 9.47 Å². The number of aromatic amines is 1. The number of esters is 1. The van der Waals surface area contributed by atoms with Crippen LogP contribution in [-0.4, -0.2) is 34.6 Å². The maximum absolute atomic E-state index is 14.1. The van der Waals surface area contributed by atoms with Crippen LogP contribution in [0.2, 0.25) is 0 Å². The predicted molar refractivity (Wildman–Crippen MR) is 160 cm³/mol. The van der Waals surface area contributed by atoms with E-state index in [1.807, 2.05) is 48.5 Å². The molecule has 3 aromatic carbocycles. The van der Waals surface area contributed by atoms with Crippen LogP contribution in [0.15, 0.2) is 87.1 Å². The first-order valence-corrected chi connectivity index (χ1v) is 15.4. The van der Waals surface area contributed by atoms with Gasteiger partial charge in [0.1, 0.15) is 17.6 Å². The Hall–Kier alpha value is -3.67. The number of hydrogen-bond acceptors (Lipinski definition) is 8. The Morgan fingerprint density at radius 1 is 1.00 bits per heavy atom. The third kappa shape index (κ3) is 5.13. The molecule has 2 unspecified atom stereocenters. The molecule has 1 aromatic heterocycles. The number of fused-ring (bicyclic) bond motifs is 2. The molecule has 4 aromatic rings.